The molecule has 0 aromatic rings. The van der Waals surface area contributed by atoms with Gasteiger partial charge in [-0.3, -0.25) is 4.79 Å². The molecule has 4 nitrogen and oxygen atoms in total. The van der Waals surface area contributed by atoms with E-state index >= 15 is 0 Å². The van der Waals surface area contributed by atoms with Gasteiger partial charge in [0.15, 0.2) is 0 Å². The fraction of sp³-hybridized carbons (Fsp3) is 0.920. The van der Waals surface area contributed by atoms with Crippen LogP contribution < -0.4 is 0 Å². The van der Waals surface area contributed by atoms with Crippen molar-refractivity contribution in [2.24, 2.45) is 4.99 Å². The second kappa shape index (κ2) is 28.3. The van der Waals surface area contributed by atoms with Gasteiger partial charge in [-0.1, -0.05) is 122 Å². The van der Waals surface area contributed by atoms with E-state index in [1.165, 1.54) is 109 Å². The summed E-state index contributed by atoms with van der Waals surface area (Å²) in [5, 5.41) is 0. The molecule has 1 aliphatic rings. The first-order valence-electron chi connectivity index (χ1n) is 13.2. The topological polar surface area (TPSA) is 47.9 Å². The summed E-state index contributed by atoms with van der Waals surface area (Å²) in [7, 11) is 0.0650. The normalized spacial score (nSPS) is 12.4. The van der Waals surface area contributed by atoms with E-state index in [0.29, 0.717) is 19.6 Å². The fourth-order valence-electron chi connectivity index (χ4n) is 3.87. The van der Waals surface area contributed by atoms with Crippen LogP contribution >= 0.6 is 39.5 Å². The van der Waals surface area contributed by atoms with Gasteiger partial charge in [-0.05, 0) is 6.42 Å². The number of aliphatic imine (C=N–C) groups is 1. The molecule has 0 N–H and O–H groups in total. The Morgan fingerprint density at radius 2 is 1.16 bits per heavy atom. The third kappa shape index (κ3) is 25.6. The van der Waals surface area contributed by atoms with E-state index in [-0.39, 0.29) is 22.2 Å². The molecule has 186 valence electrons. The van der Waals surface area contributed by atoms with Crippen molar-refractivity contribution in [1.29, 1.82) is 0 Å². The van der Waals surface area contributed by atoms with Crippen LogP contribution in [-0.4, -0.2) is 25.2 Å². The number of rotatable bonds is 20. The summed E-state index contributed by atoms with van der Waals surface area (Å²) in [6.45, 7) is 3.41. The zero-order valence-electron chi connectivity index (χ0n) is 20.7. The minimum absolute atomic E-state index is 0.0650. The van der Waals surface area contributed by atoms with Crippen LogP contribution in [0.5, 0.6) is 0 Å². The summed E-state index contributed by atoms with van der Waals surface area (Å²) in [6.07, 6.45) is 26.5. The Morgan fingerprint density at radius 1 is 0.781 bits per heavy atom. The Hall–Kier alpha value is 1.02. The van der Waals surface area contributed by atoms with Gasteiger partial charge in [-0.15, -0.1) is 0 Å². The number of carbonyl (C=O) groups is 1. The summed E-state index contributed by atoms with van der Waals surface area (Å²) >= 11 is 4.93. The van der Waals surface area contributed by atoms with E-state index in [0.717, 1.165) is 12.8 Å². The molecule has 1 aliphatic heterocycles. The van der Waals surface area contributed by atoms with Crippen molar-refractivity contribution < 1.29 is 24.4 Å². The number of esters is 1. The Kier molecular flexibility index (Phi) is 29.2. The van der Waals surface area contributed by atoms with Crippen LogP contribution in [-0.2, 0) is 24.4 Å². The molecule has 0 atom stereocenters. The second-order valence-corrected chi connectivity index (χ2v) is 32.2. The maximum atomic E-state index is 11.6. The van der Waals surface area contributed by atoms with E-state index in [4.69, 9.17) is 9.47 Å². The molecule has 0 unspecified atom stereocenters. The van der Waals surface area contributed by atoms with E-state index in [9.17, 15) is 4.79 Å². The molecular weight excluding hydrogens is 681 g/mol. The Labute approximate surface area is 227 Å². The van der Waals surface area contributed by atoms with E-state index in [2.05, 4.69) is 51.4 Å². The summed E-state index contributed by atoms with van der Waals surface area (Å²) < 4.78 is 10.1. The molecule has 0 aromatic heterocycles. The van der Waals surface area contributed by atoms with Crippen molar-refractivity contribution in [2.75, 3.05) is 13.2 Å². The zero-order valence-corrected chi connectivity index (χ0v) is 28.0. The molecule has 0 saturated heterocycles. The van der Waals surface area contributed by atoms with Crippen LogP contribution in [0, 0.1) is 0 Å². The number of ether oxygens (including phenoxy) is 2. The molecule has 0 radical (unpaired) electrons. The van der Waals surface area contributed by atoms with Crippen molar-refractivity contribution >= 4 is 51.6 Å². The molecule has 0 spiro atoms. The van der Waals surface area contributed by atoms with Gasteiger partial charge in [0, 0.05) is 6.42 Å². The molecule has 32 heavy (non-hydrogen) atoms. The van der Waals surface area contributed by atoms with Gasteiger partial charge in [0.25, 0.3) is 0 Å². The van der Waals surface area contributed by atoms with Gasteiger partial charge in [-0.25, -0.2) is 4.99 Å². The van der Waals surface area contributed by atoms with E-state index < -0.39 is 0 Å². The molecular formula is C25H47I2NO3Zn. The third-order valence-electron chi connectivity index (χ3n) is 5.74. The number of hydrogen-bond donors (Lipinski definition) is 0. The van der Waals surface area contributed by atoms with Gasteiger partial charge >= 0.3 is 61.7 Å². The first-order chi connectivity index (χ1) is 15.7. The van der Waals surface area contributed by atoms with E-state index in [1.54, 1.807) is 0 Å². The number of carbonyl (C=O) groups excluding carboxylic acids is 1. The van der Waals surface area contributed by atoms with Crippen LogP contribution in [0.3, 0.4) is 0 Å². The summed E-state index contributed by atoms with van der Waals surface area (Å²) in [5.41, 5.74) is 0. The van der Waals surface area contributed by atoms with Crippen LogP contribution in [0.4, 0.5) is 0 Å². The van der Waals surface area contributed by atoms with Gasteiger partial charge in [0.2, 0.25) is 0 Å². The van der Waals surface area contributed by atoms with Crippen LogP contribution in [0.25, 0.3) is 0 Å². The molecule has 1 rings (SSSR count). The number of hydrogen-bond acceptors (Lipinski definition) is 4. The van der Waals surface area contributed by atoms with Crippen molar-refractivity contribution in [1.82, 2.24) is 0 Å². The standard InChI is InChI=1S/C25H47NO3.2HI.Zn/c1-2-3-4-5-6-7-8-9-10-11-12-13-14-15-16-17-18-19-20-21-24(27)29-25-26-22-23-28-25;;;/h2-23H2,1H3;2*1H;/q;;;+2/p-2. The molecule has 0 aliphatic carbocycles. The number of halogens is 2. The average Bonchev–Trinajstić information content (AvgIpc) is 3.29. The quantitative estimate of drug-likeness (QED) is 0.0543. The predicted molar refractivity (Wildman–Crippen MR) is 150 cm³/mol. The summed E-state index contributed by atoms with van der Waals surface area (Å²) in [4.78, 5) is 15.6. The Morgan fingerprint density at radius 3 is 1.50 bits per heavy atom. The van der Waals surface area contributed by atoms with Gasteiger partial charge < -0.3 is 9.47 Å². The number of nitrogens with zero attached hydrogens (tertiary/aromatic N) is 1. The molecule has 7 heteroatoms. The van der Waals surface area contributed by atoms with Crippen molar-refractivity contribution in [3.63, 3.8) is 0 Å². The predicted octanol–water partition coefficient (Wildman–Crippen LogP) is 9.51. The van der Waals surface area contributed by atoms with Gasteiger partial charge in [0.05, 0.1) is 6.54 Å². The third-order valence-corrected chi connectivity index (χ3v) is 5.74. The monoisotopic (exact) mass is 727 g/mol. The molecule has 0 saturated carbocycles. The number of unbranched alkanes of at least 4 members (excludes halogenated alkanes) is 18. The van der Waals surface area contributed by atoms with E-state index in [1.807, 2.05) is 0 Å². The van der Waals surface area contributed by atoms with Crippen LogP contribution in [0.15, 0.2) is 4.99 Å². The molecule has 1 heterocycles. The van der Waals surface area contributed by atoms with Crippen LogP contribution in [0.2, 0.25) is 0 Å². The zero-order chi connectivity index (χ0) is 23.5. The molecule has 0 bridgehead atoms. The van der Waals surface area contributed by atoms with Gasteiger partial charge in [0.1, 0.15) is 6.61 Å². The van der Waals surface area contributed by atoms with Crippen molar-refractivity contribution in [3.8, 4) is 0 Å². The Balaban J connectivity index is 0.00000302. The first-order valence-corrected chi connectivity index (χ1v) is 31.3. The molecule has 0 fully saturated rings. The first kappa shape index (κ1) is 33.0. The van der Waals surface area contributed by atoms with Crippen molar-refractivity contribution in [3.05, 3.63) is 0 Å². The molecule has 0 amide bonds. The van der Waals surface area contributed by atoms with Crippen LogP contribution in [0.1, 0.15) is 135 Å². The average molecular weight is 729 g/mol. The maximum absolute atomic E-state index is 11.6. The SMILES string of the molecule is CCCCCCCCCCCCCCCCCCCCCC(=O)OC1=NCCO1.[I][Zn][I]. The Bertz CT molecular complexity index is 439. The van der Waals surface area contributed by atoms with Gasteiger partial charge in [-0.2, -0.15) is 0 Å². The minimum atomic E-state index is -0.211. The second-order valence-electron chi connectivity index (χ2n) is 8.69. The fourth-order valence-corrected chi connectivity index (χ4v) is 3.87. The summed E-state index contributed by atoms with van der Waals surface area (Å²) in [5.74, 6) is -0.211. The molecule has 0 aromatic carbocycles. The van der Waals surface area contributed by atoms with Crippen molar-refractivity contribution in [2.45, 2.75) is 135 Å². The summed E-state index contributed by atoms with van der Waals surface area (Å²) in [6, 6.07) is 0.